The first-order valence-electron chi connectivity index (χ1n) is 6.65. The summed E-state index contributed by atoms with van der Waals surface area (Å²) in [6, 6.07) is 0. The first-order valence-corrected chi connectivity index (χ1v) is 6.65. The van der Waals surface area contributed by atoms with Crippen LogP contribution < -0.4 is 4.74 Å². The summed E-state index contributed by atoms with van der Waals surface area (Å²) in [4.78, 5) is 12.8. The van der Waals surface area contributed by atoms with E-state index in [9.17, 15) is 4.79 Å². The normalized spacial score (nSPS) is 10.8. The zero-order valence-corrected chi connectivity index (χ0v) is 12.6. The minimum Gasteiger partial charge on any atom is -0.493 e. The van der Waals surface area contributed by atoms with Gasteiger partial charge in [0.1, 0.15) is 0 Å². The fourth-order valence-corrected chi connectivity index (χ4v) is 2.35. The van der Waals surface area contributed by atoms with Crippen molar-refractivity contribution >= 4 is 5.78 Å². The summed E-state index contributed by atoms with van der Waals surface area (Å²) in [6.45, 7) is 6.46. The molecule has 0 atom stereocenters. The maximum atomic E-state index is 12.8. The molecule has 0 spiro atoms. The monoisotopic (exact) mass is 276 g/mol. The van der Waals surface area contributed by atoms with Crippen molar-refractivity contribution in [1.82, 2.24) is 19.6 Å². The molecule has 0 bridgehead atoms. The zero-order valence-electron chi connectivity index (χ0n) is 12.6. The highest BCUT2D eigenvalue weighted by atomic mass is 16.5. The molecule has 2 heterocycles. The lowest BCUT2D eigenvalue weighted by Crippen LogP contribution is -2.14. The molecule has 0 amide bonds. The predicted octanol–water partition coefficient (Wildman–Crippen LogP) is 1.88. The Morgan fingerprint density at radius 1 is 1.40 bits per heavy atom. The Bertz CT molecular complexity index is 640. The molecule has 0 N–H and O–H groups in total. The average molecular weight is 276 g/mol. The van der Waals surface area contributed by atoms with Crippen LogP contribution in [-0.2, 0) is 13.6 Å². The number of ketones is 1. The molecule has 0 saturated heterocycles. The van der Waals surface area contributed by atoms with Crippen molar-refractivity contribution in [1.29, 1.82) is 0 Å². The van der Waals surface area contributed by atoms with E-state index >= 15 is 0 Å². The maximum Gasteiger partial charge on any atom is 0.218 e. The van der Waals surface area contributed by atoms with Crippen LogP contribution in [0.25, 0.3) is 0 Å². The van der Waals surface area contributed by atoms with E-state index in [2.05, 4.69) is 10.2 Å². The van der Waals surface area contributed by atoms with Crippen LogP contribution in [0.5, 0.6) is 5.75 Å². The summed E-state index contributed by atoms with van der Waals surface area (Å²) >= 11 is 0. The smallest absolute Gasteiger partial charge is 0.218 e. The third-order valence-electron chi connectivity index (χ3n) is 3.41. The molecule has 6 heteroatoms. The second-order valence-corrected chi connectivity index (χ2v) is 4.78. The third-order valence-corrected chi connectivity index (χ3v) is 3.41. The summed E-state index contributed by atoms with van der Waals surface area (Å²) in [5, 5.41) is 8.53. The molecule has 0 aliphatic rings. The van der Waals surface area contributed by atoms with Gasteiger partial charge in [0.2, 0.25) is 5.78 Å². The molecule has 2 rings (SSSR count). The van der Waals surface area contributed by atoms with Crippen LogP contribution in [0.15, 0.2) is 6.20 Å². The van der Waals surface area contributed by atoms with Crippen molar-refractivity contribution in [2.24, 2.45) is 7.05 Å². The number of aromatic nitrogens is 4. The summed E-state index contributed by atoms with van der Waals surface area (Å²) in [5.41, 5.74) is 2.69. The molecule has 20 heavy (non-hydrogen) atoms. The van der Waals surface area contributed by atoms with Crippen molar-refractivity contribution in [2.45, 2.75) is 33.7 Å². The zero-order chi connectivity index (χ0) is 14.9. The van der Waals surface area contributed by atoms with Crippen molar-refractivity contribution in [3.8, 4) is 5.75 Å². The first kappa shape index (κ1) is 14.3. The fraction of sp³-hybridized carbons (Fsp3) is 0.500. The van der Waals surface area contributed by atoms with Crippen molar-refractivity contribution < 1.29 is 9.53 Å². The second kappa shape index (κ2) is 5.48. The Morgan fingerprint density at radius 2 is 2.10 bits per heavy atom. The Balaban J connectivity index is 2.55. The van der Waals surface area contributed by atoms with E-state index in [1.54, 1.807) is 22.7 Å². The van der Waals surface area contributed by atoms with Gasteiger partial charge in [-0.05, 0) is 20.3 Å². The molecule has 0 aliphatic carbocycles. The van der Waals surface area contributed by atoms with E-state index in [1.807, 2.05) is 27.8 Å². The lowest BCUT2D eigenvalue weighted by molar-refractivity contribution is 0.102. The Kier molecular flexibility index (Phi) is 3.92. The van der Waals surface area contributed by atoms with Gasteiger partial charge >= 0.3 is 0 Å². The largest absolute Gasteiger partial charge is 0.493 e. The molecular formula is C14H20N4O2. The number of hydrogen-bond donors (Lipinski definition) is 0. The molecule has 0 radical (unpaired) electrons. The van der Waals surface area contributed by atoms with Gasteiger partial charge in [-0.2, -0.15) is 10.2 Å². The summed E-state index contributed by atoms with van der Waals surface area (Å²) in [6.07, 6.45) is 2.49. The third kappa shape index (κ3) is 2.21. The van der Waals surface area contributed by atoms with E-state index in [-0.39, 0.29) is 5.78 Å². The standard InChI is InChI=1S/C14H20N4O2/c1-6-7-18-13(11(20-5)8-15-18)14(19)12-9(2)16-17(4)10(12)3/h8H,6-7H2,1-5H3. The fourth-order valence-electron chi connectivity index (χ4n) is 2.35. The number of methoxy groups -OCH3 is 1. The number of nitrogens with zero attached hydrogens (tertiary/aromatic N) is 4. The van der Waals surface area contributed by atoms with Gasteiger partial charge in [-0.3, -0.25) is 14.2 Å². The summed E-state index contributed by atoms with van der Waals surface area (Å²) < 4.78 is 8.69. The number of carbonyl (C=O) groups excluding carboxylic acids is 1. The van der Waals surface area contributed by atoms with Gasteiger partial charge in [0.05, 0.1) is 24.6 Å². The van der Waals surface area contributed by atoms with E-state index < -0.39 is 0 Å². The van der Waals surface area contributed by atoms with Gasteiger partial charge in [0.15, 0.2) is 11.4 Å². The van der Waals surface area contributed by atoms with Gasteiger partial charge in [0, 0.05) is 19.3 Å². The molecule has 0 fully saturated rings. The number of rotatable bonds is 5. The molecule has 0 aromatic carbocycles. The Morgan fingerprint density at radius 3 is 2.60 bits per heavy atom. The predicted molar refractivity (Wildman–Crippen MR) is 75.2 cm³/mol. The van der Waals surface area contributed by atoms with Crippen LogP contribution in [0.1, 0.15) is 40.8 Å². The van der Waals surface area contributed by atoms with Crippen molar-refractivity contribution in [2.75, 3.05) is 7.11 Å². The van der Waals surface area contributed by atoms with Crippen molar-refractivity contribution in [3.63, 3.8) is 0 Å². The lowest BCUT2D eigenvalue weighted by atomic mass is 10.1. The van der Waals surface area contributed by atoms with Crippen LogP contribution in [-0.4, -0.2) is 32.5 Å². The van der Waals surface area contributed by atoms with Gasteiger partial charge in [0.25, 0.3) is 0 Å². The number of hydrogen-bond acceptors (Lipinski definition) is 4. The quantitative estimate of drug-likeness (QED) is 0.782. The maximum absolute atomic E-state index is 12.8. The van der Waals surface area contributed by atoms with Crippen molar-refractivity contribution in [3.05, 3.63) is 28.8 Å². The van der Waals surface area contributed by atoms with Gasteiger partial charge < -0.3 is 4.74 Å². The van der Waals surface area contributed by atoms with Gasteiger partial charge in [-0.25, -0.2) is 0 Å². The van der Waals surface area contributed by atoms with Crippen LogP contribution in [0.3, 0.4) is 0 Å². The second-order valence-electron chi connectivity index (χ2n) is 4.78. The van der Waals surface area contributed by atoms with Crippen LogP contribution in [0.4, 0.5) is 0 Å². The highest BCUT2D eigenvalue weighted by Crippen LogP contribution is 2.24. The van der Waals surface area contributed by atoms with E-state index in [1.165, 1.54) is 0 Å². The Hall–Kier alpha value is -2.11. The topological polar surface area (TPSA) is 61.9 Å². The highest BCUT2D eigenvalue weighted by molar-refractivity contribution is 6.11. The summed E-state index contributed by atoms with van der Waals surface area (Å²) in [5.74, 6) is 0.419. The number of carbonyl (C=O) groups is 1. The average Bonchev–Trinajstić information content (AvgIpc) is 2.91. The van der Waals surface area contributed by atoms with Gasteiger partial charge in [-0.1, -0.05) is 6.92 Å². The van der Waals surface area contributed by atoms with Crippen LogP contribution in [0, 0.1) is 13.8 Å². The number of aryl methyl sites for hydroxylation is 3. The van der Waals surface area contributed by atoms with E-state index in [4.69, 9.17) is 4.74 Å². The molecule has 0 saturated carbocycles. The minimum atomic E-state index is -0.0871. The lowest BCUT2D eigenvalue weighted by Gasteiger charge is -2.07. The molecule has 0 unspecified atom stereocenters. The first-order chi connectivity index (χ1) is 9.51. The van der Waals surface area contributed by atoms with Crippen LogP contribution in [0.2, 0.25) is 0 Å². The van der Waals surface area contributed by atoms with Crippen LogP contribution >= 0.6 is 0 Å². The molecule has 6 nitrogen and oxygen atoms in total. The SMILES string of the molecule is CCCn1ncc(OC)c1C(=O)c1c(C)nn(C)c1C. The summed E-state index contributed by atoms with van der Waals surface area (Å²) in [7, 11) is 3.38. The molecular weight excluding hydrogens is 256 g/mol. The number of ether oxygens (including phenoxy) is 1. The molecule has 108 valence electrons. The molecule has 2 aromatic rings. The van der Waals surface area contributed by atoms with E-state index in [0.29, 0.717) is 23.6 Å². The molecule has 0 aliphatic heterocycles. The molecule has 2 aromatic heterocycles. The highest BCUT2D eigenvalue weighted by Gasteiger charge is 2.25. The minimum absolute atomic E-state index is 0.0871. The van der Waals surface area contributed by atoms with E-state index in [0.717, 1.165) is 17.8 Å². The van der Waals surface area contributed by atoms with Gasteiger partial charge in [-0.15, -0.1) is 0 Å². The Labute approximate surface area is 118 Å².